The lowest BCUT2D eigenvalue weighted by Crippen LogP contribution is -2.42. The first kappa shape index (κ1) is 16.2. The molecule has 0 radical (unpaired) electrons. The highest BCUT2D eigenvalue weighted by molar-refractivity contribution is 5.55. The standard InChI is InChI=1S/C10H12F5N3O2/c1-2-3-19-7-6(16)8(18-5-17-7)20-4-9(11,12)10(13,14)15/h5H,2-4,16H2,1H3. The second-order valence-corrected chi connectivity index (χ2v) is 3.74. The first-order valence-corrected chi connectivity index (χ1v) is 5.49. The first-order chi connectivity index (χ1) is 9.19. The molecule has 2 N–H and O–H groups in total. The number of rotatable bonds is 6. The molecule has 0 atom stereocenters. The van der Waals surface area contributed by atoms with Crippen molar-refractivity contribution in [1.82, 2.24) is 9.97 Å². The maximum atomic E-state index is 12.7. The fourth-order valence-corrected chi connectivity index (χ4v) is 1.03. The SMILES string of the molecule is CCCOc1ncnc(OCC(F)(F)C(F)(F)F)c1N. The highest BCUT2D eigenvalue weighted by atomic mass is 19.4. The third kappa shape index (κ3) is 3.81. The van der Waals surface area contributed by atoms with Gasteiger partial charge in [0.15, 0.2) is 12.3 Å². The lowest BCUT2D eigenvalue weighted by Gasteiger charge is -2.20. The van der Waals surface area contributed by atoms with Crippen molar-refractivity contribution in [2.45, 2.75) is 25.4 Å². The van der Waals surface area contributed by atoms with Crippen LogP contribution in [0.4, 0.5) is 27.6 Å². The van der Waals surface area contributed by atoms with Crippen molar-refractivity contribution >= 4 is 5.69 Å². The molecule has 0 aliphatic heterocycles. The van der Waals surface area contributed by atoms with Crippen molar-refractivity contribution in [3.8, 4) is 11.8 Å². The maximum absolute atomic E-state index is 12.7. The molecule has 10 heteroatoms. The Kier molecular flexibility index (Phi) is 4.90. The van der Waals surface area contributed by atoms with E-state index in [9.17, 15) is 22.0 Å². The zero-order chi connectivity index (χ0) is 15.4. The van der Waals surface area contributed by atoms with E-state index in [1.54, 1.807) is 6.92 Å². The van der Waals surface area contributed by atoms with Gasteiger partial charge in [-0.1, -0.05) is 6.92 Å². The minimum atomic E-state index is -5.71. The number of halogens is 5. The van der Waals surface area contributed by atoms with Crippen LogP contribution in [0.1, 0.15) is 13.3 Å². The zero-order valence-electron chi connectivity index (χ0n) is 10.4. The van der Waals surface area contributed by atoms with Crippen LogP contribution in [0.15, 0.2) is 6.33 Å². The summed E-state index contributed by atoms with van der Waals surface area (Å²) in [7, 11) is 0. The third-order valence-electron chi connectivity index (χ3n) is 2.06. The Morgan fingerprint density at radius 3 is 2.15 bits per heavy atom. The minimum absolute atomic E-state index is 0.132. The average Bonchev–Trinajstić information content (AvgIpc) is 2.35. The van der Waals surface area contributed by atoms with Crippen LogP contribution < -0.4 is 15.2 Å². The molecule has 1 rings (SSSR count). The Morgan fingerprint density at radius 2 is 1.65 bits per heavy atom. The summed E-state index contributed by atoms with van der Waals surface area (Å²) in [5, 5.41) is 0. The highest BCUT2D eigenvalue weighted by Gasteiger charge is 2.58. The molecule has 5 nitrogen and oxygen atoms in total. The third-order valence-corrected chi connectivity index (χ3v) is 2.06. The Bertz CT molecular complexity index is 453. The molecule has 20 heavy (non-hydrogen) atoms. The van der Waals surface area contributed by atoms with Crippen molar-refractivity contribution in [2.24, 2.45) is 0 Å². The number of nitrogens with two attached hydrogens (primary N) is 1. The fraction of sp³-hybridized carbons (Fsp3) is 0.600. The van der Waals surface area contributed by atoms with E-state index in [0.29, 0.717) is 6.42 Å². The van der Waals surface area contributed by atoms with Crippen molar-refractivity contribution < 1.29 is 31.4 Å². The largest absolute Gasteiger partial charge is 0.476 e. The molecule has 1 aromatic heterocycles. The van der Waals surface area contributed by atoms with E-state index in [-0.39, 0.29) is 18.2 Å². The van der Waals surface area contributed by atoms with Crippen LogP contribution in [0.3, 0.4) is 0 Å². The van der Waals surface area contributed by atoms with Gasteiger partial charge in [-0.25, -0.2) is 0 Å². The lowest BCUT2D eigenvalue weighted by molar-refractivity contribution is -0.290. The Labute approximate surface area is 110 Å². The van der Waals surface area contributed by atoms with Crippen LogP contribution in [-0.2, 0) is 0 Å². The quantitative estimate of drug-likeness (QED) is 0.817. The number of aromatic nitrogens is 2. The molecular weight excluding hydrogens is 289 g/mol. The van der Waals surface area contributed by atoms with Gasteiger partial charge in [-0.2, -0.15) is 31.9 Å². The molecule has 1 aromatic rings. The average molecular weight is 301 g/mol. The molecule has 0 aromatic carbocycles. The second-order valence-electron chi connectivity index (χ2n) is 3.74. The molecule has 0 spiro atoms. The van der Waals surface area contributed by atoms with E-state index in [2.05, 4.69) is 14.7 Å². The van der Waals surface area contributed by atoms with E-state index < -0.39 is 24.6 Å². The van der Waals surface area contributed by atoms with Gasteiger partial charge in [-0.05, 0) is 6.42 Å². The van der Waals surface area contributed by atoms with E-state index in [4.69, 9.17) is 10.5 Å². The van der Waals surface area contributed by atoms with Crippen molar-refractivity contribution in [2.75, 3.05) is 18.9 Å². The summed E-state index contributed by atoms with van der Waals surface area (Å²) < 4.78 is 70.6. The normalized spacial score (nSPS) is 12.3. The first-order valence-electron chi connectivity index (χ1n) is 5.49. The van der Waals surface area contributed by atoms with E-state index >= 15 is 0 Å². The summed E-state index contributed by atoms with van der Waals surface area (Å²) >= 11 is 0. The highest BCUT2D eigenvalue weighted by Crippen LogP contribution is 2.36. The van der Waals surface area contributed by atoms with Crippen molar-refractivity contribution in [3.05, 3.63) is 6.33 Å². The monoisotopic (exact) mass is 301 g/mol. The zero-order valence-corrected chi connectivity index (χ0v) is 10.4. The number of nitrogens with zero attached hydrogens (tertiary/aromatic N) is 2. The molecule has 0 bridgehead atoms. The van der Waals surface area contributed by atoms with E-state index in [1.165, 1.54) is 0 Å². The molecule has 0 saturated carbocycles. The van der Waals surface area contributed by atoms with Gasteiger partial charge in [0, 0.05) is 0 Å². The van der Waals surface area contributed by atoms with Crippen molar-refractivity contribution in [1.29, 1.82) is 0 Å². The van der Waals surface area contributed by atoms with Gasteiger partial charge in [0.2, 0.25) is 11.8 Å². The molecule has 0 aliphatic carbocycles. The van der Waals surface area contributed by atoms with Crippen LogP contribution in [0.5, 0.6) is 11.8 Å². The van der Waals surface area contributed by atoms with Gasteiger partial charge in [0.25, 0.3) is 0 Å². The summed E-state index contributed by atoms with van der Waals surface area (Å²) in [5.41, 5.74) is 5.13. The number of hydrogen-bond acceptors (Lipinski definition) is 5. The van der Waals surface area contributed by atoms with Gasteiger partial charge in [0.1, 0.15) is 6.33 Å². The van der Waals surface area contributed by atoms with Crippen LogP contribution in [0.25, 0.3) is 0 Å². The molecule has 0 fully saturated rings. The second kappa shape index (κ2) is 6.06. The van der Waals surface area contributed by atoms with Gasteiger partial charge in [-0.15, -0.1) is 0 Å². The van der Waals surface area contributed by atoms with Gasteiger partial charge in [-0.3, -0.25) is 0 Å². The topological polar surface area (TPSA) is 70.3 Å². The number of alkyl halides is 5. The molecule has 1 heterocycles. The van der Waals surface area contributed by atoms with Gasteiger partial charge in [0.05, 0.1) is 6.61 Å². The Balaban J connectivity index is 2.79. The predicted octanol–water partition coefficient (Wildman–Crippen LogP) is 2.42. The Hall–Kier alpha value is -1.87. The van der Waals surface area contributed by atoms with Crippen LogP contribution in [0, 0.1) is 0 Å². The number of nitrogen functional groups attached to an aromatic ring is 1. The summed E-state index contributed by atoms with van der Waals surface area (Å²) in [5.74, 6) is -5.73. The number of hydrogen-bond donors (Lipinski definition) is 1. The molecular formula is C10H12F5N3O2. The van der Waals surface area contributed by atoms with Gasteiger partial charge >= 0.3 is 12.1 Å². The molecule has 0 saturated heterocycles. The summed E-state index contributed by atoms with van der Waals surface area (Å²) in [6, 6.07) is 0. The number of anilines is 1. The van der Waals surface area contributed by atoms with E-state index in [0.717, 1.165) is 6.33 Å². The molecule has 114 valence electrons. The Morgan fingerprint density at radius 1 is 1.10 bits per heavy atom. The van der Waals surface area contributed by atoms with Crippen LogP contribution in [0.2, 0.25) is 0 Å². The maximum Gasteiger partial charge on any atom is 0.456 e. The van der Waals surface area contributed by atoms with E-state index in [1.807, 2.05) is 0 Å². The van der Waals surface area contributed by atoms with Crippen LogP contribution >= 0.6 is 0 Å². The lowest BCUT2D eigenvalue weighted by atomic mass is 10.3. The van der Waals surface area contributed by atoms with Crippen molar-refractivity contribution in [3.63, 3.8) is 0 Å². The van der Waals surface area contributed by atoms with Gasteiger partial charge < -0.3 is 15.2 Å². The molecule has 0 unspecified atom stereocenters. The molecule has 0 aliphatic rings. The number of ether oxygens (including phenoxy) is 2. The smallest absolute Gasteiger partial charge is 0.456 e. The summed E-state index contributed by atoms with van der Waals surface area (Å²) in [6.07, 6.45) is -4.19. The predicted molar refractivity (Wildman–Crippen MR) is 58.7 cm³/mol. The minimum Gasteiger partial charge on any atom is -0.476 e. The van der Waals surface area contributed by atoms with Crippen LogP contribution in [-0.4, -0.2) is 35.3 Å². The summed E-state index contributed by atoms with van der Waals surface area (Å²) in [6.45, 7) is 0.128. The summed E-state index contributed by atoms with van der Waals surface area (Å²) in [4.78, 5) is 7.01. The molecule has 0 amide bonds. The fourth-order valence-electron chi connectivity index (χ4n) is 1.03.